The van der Waals surface area contributed by atoms with Crippen molar-refractivity contribution in [2.45, 2.75) is 6.54 Å². The van der Waals surface area contributed by atoms with Crippen molar-refractivity contribution < 1.29 is 9.21 Å². The molecule has 0 aliphatic rings. The summed E-state index contributed by atoms with van der Waals surface area (Å²) in [6.07, 6.45) is 8.75. The fourth-order valence-corrected chi connectivity index (χ4v) is 2.76. The molecule has 0 fully saturated rings. The minimum atomic E-state index is -0.0133. The number of carbonyl (C=O) groups excluding carboxylic acids is 1. The quantitative estimate of drug-likeness (QED) is 0.579. The molecule has 0 atom stereocenters. The zero-order valence-corrected chi connectivity index (χ0v) is 14.5. The number of imidazole rings is 1. The number of rotatable bonds is 8. The van der Waals surface area contributed by atoms with Crippen LogP contribution in [-0.4, -0.2) is 33.4 Å². The SMILES string of the molecule is C=CCN(CC=C)C(=O)Cn1c(/C=C/c2ccco2)nc2ccccc21. The van der Waals surface area contributed by atoms with Crippen molar-refractivity contribution in [1.29, 1.82) is 0 Å². The van der Waals surface area contributed by atoms with Crippen LogP contribution in [0, 0.1) is 0 Å². The van der Waals surface area contributed by atoms with Crippen LogP contribution < -0.4 is 0 Å². The summed E-state index contributed by atoms with van der Waals surface area (Å²) in [7, 11) is 0. The summed E-state index contributed by atoms with van der Waals surface area (Å²) >= 11 is 0. The van der Waals surface area contributed by atoms with Crippen molar-refractivity contribution in [3.63, 3.8) is 0 Å². The lowest BCUT2D eigenvalue weighted by atomic mass is 10.3. The van der Waals surface area contributed by atoms with E-state index in [0.717, 1.165) is 16.8 Å². The van der Waals surface area contributed by atoms with Crippen molar-refractivity contribution in [3.05, 3.63) is 79.6 Å². The van der Waals surface area contributed by atoms with Gasteiger partial charge in [-0.1, -0.05) is 24.3 Å². The van der Waals surface area contributed by atoms with Gasteiger partial charge in [0.05, 0.1) is 17.3 Å². The molecule has 3 aromatic rings. The summed E-state index contributed by atoms with van der Waals surface area (Å²) in [6, 6.07) is 11.5. The molecule has 0 radical (unpaired) electrons. The number of nitrogens with zero attached hydrogens (tertiary/aromatic N) is 3. The summed E-state index contributed by atoms with van der Waals surface area (Å²) in [5.74, 6) is 1.42. The molecule has 2 heterocycles. The van der Waals surface area contributed by atoms with Crippen LogP contribution >= 0.6 is 0 Å². The third-order valence-corrected chi connectivity index (χ3v) is 3.97. The smallest absolute Gasteiger partial charge is 0.243 e. The zero-order valence-electron chi connectivity index (χ0n) is 14.5. The van der Waals surface area contributed by atoms with Gasteiger partial charge in [-0.05, 0) is 36.4 Å². The third kappa shape index (κ3) is 3.83. The molecule has 0 spiro atoms. The Morgan fingerprint density at radius 3 is 2.58 bits per heavy atom. The molecule has 0 aliphatic carbocycles. The molecule has 0 saturated heterocycles. The molecule has 2 aromatic heterocycles. The van der Waals surface area contributed by atoms with Gasteiger partial charge in [0.1, 0.15) is 18.1 Å². The lowest BCUT2D eigenvalue weighted by Gasteiger charge is -2.20. The van der Waals surface area contributed by atoms with Gasteiger partial charge in [-0.25, -0.2) is 4.98 Å². The van der Waals surface area contributed by atoms with Crippen LogP contribution in [0.25, 0.3) is 23.2 Å². The van der Waals surface area contributed by atoms with E-state index in [1.54, 1.807) is 23.3 Å². The van der Waals surface area contributed by atoms with Gasteiger partial charge >= 0.3 is 0 Å². The number of para-hydroxylation sites is 2. The highest BCUT2D eigenvalue weighted by Crippen LogP contribution is 2.18. The van der Waals surface area contributed by atoms with Gasteiger partial charge in [0.25, 0.3) is 0 Å². The number of carbonyl (C=O) groups is 1. The molecule has 0 N–H and O–H groups in total. The van der Waals surface area contributed by atoms with Crippen LogP contribution in [0.5, 0.6) is 0 Å². The Hall–Kier alpha value is -3.34. The van der Waals surface area contributed by atoms with E-state index < -0.39 is 0 Å². The van der Waals surface area contributed by atoms with Crippen molar-refractivity contribution in [3.8, 4) is 0 Å². The monoisotopic (exact) mass is 347 g/mol. The van der Waals surface area contributed by atoms with Gasteiger partial charge in [-0.15, -0.1) is 13.2 Å². The molecule has 1 aromatic carbocycles. The average Bonchev–Trinajstić information content (AvgIpc) is 3.28. The fraction of sp³-hybridized carbons (Fsp3) is 0.143. The minimum Gasteiger partial charge on any atom is -0.465 e. The van der Waals surface area contributed by atoms with Gasteiger partial charge in [0.2, 0.25) is 5.91 Å². The van der Waals surface area contributed by atoms with E-state index in [1.807, 2.05) is 53.1 Å². The molecule has 5 nitrogen and oxygen atoms in total. The Labute approximate surface area is 152 Å². The molecular weight excluding hydrogens is 326 g/mol. The summed E-state index contributed by atoms with van der Waals surface area (Å²) in [5.41, 5.74) is 1.76. The van der Waals surface area contributed by atoms with Crippen LogP contribution in [0.3, 0.4) is 0 Å². The molecule has 0 aliphatic heterocycles. The normalized spacial score (nSPS) is 11.1. The number of hydrogen-bond donors (Lipinski definition) is 0. The summed E-state index contributed by atoms with van der Waals surface area (Å²) in [5, 5.41) is 0. The highest BCUT2D eigenvalue weighted by Gasteiger charge is 2.16. The number of benzene rings is 1. The van der Waals surface area contributed by atoms with Crippen molar-refractivity contribution in [2.75, 3.05) is 13.1 Å². The fourth-order valence-electron chi connectivity index (χ4n) is 2.76. The van der Waals surface area contributed by atoms with Crippen molar-refractivity contribution in [1.82, 2.24) is 14.5 Å². The standard InChI is InChI=1S/C21H21N3O2/c1-3-13-23(14-4-2)21(25)16-24-19-10-6-5-9-18(19)22-20(24)12-11-17-8-7-15-26-17/h3-12,15H,1-2,13-14,16H2/b12-11+. The van der Waals surface area contributed by atoms with E-state index in [9.17, 15) is 4.79 Å². The number of hydrogen-bond acceptors (Lipinski definition) is 3. The molecular formula is C21H21N3O2. The van der Waals surface area contributed by atoms with Crippen molar-refractivity contribution in [2.24, 2.45) is 0 Å². The highest BCUT2D eigenvalue weighted by atomic mass is 16.3. The van der Waals surface area contributed by atoms with E-state index in [1.165, 1.54) is 0 Å². The van der Waals surface area contributed by atoms with E-state index >= 15 is 0 Å². The molecule has 3 rings (SSSR count). The van der Waals surface area contributed by atoms with Crippen LogP contribution in [0.1, 0.15) is 11.6 Å². The largest absolute Gasteiger partial charge is 0.465 e. The van der Waals surface area contributed by atoms with Crippen molar-refractivity contribution >= 4 is 29.1 Å². The lowest BCUT2D eigenvalue weighted by molar-refractivity contribution is -0.130. The lowest BCUT2D eigenvalue weighted by Crippen LogP contribution is -2.34. The first kappa shape index (κ1) is 17.5. The van der Waals surface area contributed by atoms with Gasteiger partial charge < -0.3 is 13.9 Å². The average molecular weight is 347 g/mol. The first-order valence-corrected chi connectivity index (χ1v) is 8.39. The first-order chi connectivity index (χ1) is 12.7. The second-order valence-electron chi connectivity index (χ2n) is 5.77. The molecule has 26 heavy (non-hydrogen) atoms. The van der Waals surface area contributed by atoms with Gasteiger partial charge in [0.15, 0.2) is 0 Å². The number of fused-ring (bicyclic) bond motifs is 1. The van der Waals surface area contributed by atoms with Crippen LogP contribution in [0.2, 0.25) is 0 Å². The van der Waals surface area contributed by atoms with Gasteiger partial charge in [0, 0.05) is 13.1 Å². The maximum absolute atomic E-state index is 12.8. The van der Waals surface area contributed by atoms with E-state index in [4.69, 9.17) is 4.42 Å². The maximum Gasteiger partial charge on any atom is 0.243 e. The summed E-state index contributed by atoms with van der Waals surface area (Å²) < 4.78 is 7.24. The predicted molar refractivity (Wildman–Crippen MR) is 104 cm³/mol. The predicted octanol–water partition coefficient (Wildman–Crippen LogP) is 4.00. The molecule has 132 valence electrons. The molecule has 0 saturated carbocycles. The van der Waals surface area contributed by atoms with Crippen LogP contribution in [0.15, 0.2) is 72.4 Å². The first-order valence-electron chi connectivity index (χ1n) is 8.39. The maximum atomic E-state index is 12.8. The van der Waals surface area contributed by atoms with Gasteiger partial charge in [-0.2, -0.15) is 0 Å². The summed E-state index contributed by atoms with van der Waals surface area (Å²) in [4.78, 5) is 19.1. The van der Waals surface area contributed by atoms with Crippen LogP contribution in [0.4, 0.5) is 0 Å². The number of amides is 1. The van der Waals surface area contributed by atoms with E-state index in [-0.39, 0.29) is 12.5 Å². The minimum absolute atomic E-state index is 0.0133. The Morgan fingerprint density at radius 1 is 1.12 bits per heavy atom. The summed E-state index contributed by atoms with van der Waals surface area (Å²) in [6.45, 7) is 8.59. The Bertz CT molecular complexity index is 925. The second kappa shape index (κ2) is 8.16. The number of furan rings is 1. The number of aromatic nitrogens is 2. The Morgan fingerprint density at radius 2 is 1.88 bits per heavy atom. The third-order valence-electron chi connectivity index (χ3n) is 3.97. The molecule has 1 amide bonds. The van der Waals surface area contributed by atoms with E-state index in [2.05, 4.69) is 18.1 Å². The Balaban J connectivity index is 1.94. The Kier molecular flexibility index (Phi) is 5.49. The molecule has 0 bridgehead atoms. The second-order valence-corrected chi connectivity index (χ2v) is 5.77. The highest BCUT2D eigenvalue weighted by molar-refractivity contribution is 5.83. The zero-order chi connectivity index (χ0) is 18.4. The molecule has 0 unspecified atom stereocenters. The topological polar surface area (TPSA) is 51.3 Å². The van der Waals surface area contributed by atoms with E-state index in [0.29, 0.717) is 18.9 Å². The van der Waals surface area contributed by atoms with Gasteiger partial charge in [-0.3, -0.25) is 4.79 Å². The molecule has 5 heteroatoms. The van der Waals surface area contributed by atoms with Crippen LogP contribution in [-0.2, 0) is 11.3 Å².